The minimum absolute atomic E-state index is 0.153. The number of para-hydroxylation sites is 1. The molecular formula is C14H11FN2O2S2. The summed E-state index contributed by atoms with van der Waals surface area (Å²) < 4.78 is 41.4. The summed E-state index contributed by atoms with van der Waals surface area (Å²) >= 11 is 1.15. The van der Waals surface area contributed by atoms with Gasteiger partial charge in [0.15, 0.2) is 5.17 Å². The lowest BCUT2D eigenvalue weighted by Gasteiger charge is -2.17. The van der Waals surface area contributed by atoms with Crippen molar-refractivity contribution in [3.05, 3.63) is 59.9 Å². The highest BCUT2D eigenvalue weighted by atomic mass is 32.2. The molecule has 1 N–H and O–H groups in total. The lowest BCUT2D eigenvalue weighted by Crippen LogP contribution is -2.18. The highest BCUT2D eigenvalue weighted by Crippen LogP contribution is 2.30. The maximum absolute atomic E-state index is 13.5. The molecule has 3 rings (SSSR count). The summed E-state index contributed by atoms with van der Waals surface area (Å²) in [6.45, 7) is 0. The predicted molar refractivity (Wildman–Crippen MR) is 82.4 cm³/mol. The number of rotatable bonds is 2. The van der Waals surface area contributed by atoms with Crippen molar-refractivity contribution in [3.8, 4) is 0 Å². The highest BCUT2D eigenvalue weighted by Gasteiger charge is 2.24. The van der Waals surface area contributed by atoms with Crippen LogP contribution in [0.4, 0.5) is 10.1 Å². The van der Waals surface area contributed by atoms with Gasteiger partial charge in [-0.2, -0.15) is 8.42 Å². The first-order valence-corrected chi connectivity index (χ1v) is 8.56. The van der Waals surface area contributed by atoms with E-state index >= 15 is 0 Å². The number of anilines is 1. The van der Waals surface area contributed by atoms with Crippen molar-refractivity contribution >= 4 is 32.6 Å². The van der Waals surface area contributed by atoms with Crippen LogP contribution in [0.25, 0.3) is 0 Å². The van der Waals surface area contributed by atoms with E-state index in [1.807, 2.05) is 0 Å². The van der Waals surface area contributed by atoms with Crippen molar-refractivity contribution in [1.29, 1.82) is 0 Å². The molecule has 0 saturated heterocycles. The highest BCUT2D eigenvalue weighted by molar-refractivity contribution is 8.14. The summed E-state index contributed by atoms with van der Waals surface area (Å²) in [5, 5.41) is 3.20. The van der Waals surface area contributed by atoms with Crippen LogP contribution < -0.4 is 5.32 Å². The van der Waals surface area contributed by atoms with Gasteiger partial charge >= 0.3 is 0 Å². The topological polar surface area (TPSA) is 58.5 Å². The molecule has 0 spiro atoms. The molecule has 7 heteroatoms. The normalized spacial score (nSPS) is 15.8. The van der Waals surface area contributed by atoms with Crippen molar-refractivity contribution < 1.29 is 12.8 Å². The van der Waals surface area contributed by atoms with Gasteiger partial charge in [0.25, 0.3) is 10.0 Å². The predicted octanol–water partition coefficient (Wildman–Crippen LogP) is 3.23. The zero-order chi connectivity index (χ0) is 14.9. The zero-order valence-corrected chi connectivity index (χ0v) is 12.4. The summed E-state index contributed by atoms with van der Waals surface area (Å²) in [5.41, 5.74) is 0.992. The average Bonchev–Trinajstić information content (AvgIpc) is 2.46. The van der Waals surface area contributed by atoms with Crippen LogP contribution >= 0.6 is 11.8 Å². The number of nitrogens with zero attached hydrogens (tertiary/aromatic N) is 1. The maximum atomic E-state index is 13.5. The van der Waals surface area contributed by atoms with Gasteiger partial charge in [-0.15, -0.1) is 4.40 Å². The fraction of sp³-hybridized carbons (Fsp3) is 0.0714. The van der Waals surface area contributed by atoms with Gasteiger partial charge in [0.05, 0.1) is 5.69 Å². The van der Waals surface area contributed by atoms with Gasteiger partial charge in [0.1, 0.15) is 10.7 Å². The summed E-state index contributed by atoms with van der Waals surface area (Å²) in [4.78, 5) is 0.153. The third kappa shape index (κ3) is 2.93. The van der Waals surface area contributed by atoms with E-state index in [0.717, 1.165) is 11.8 Å². The van der Waals surface area contributed by atoms with Crippen LogP contribution in [0.15, 0.2) is 57.8 Å². The van der Waals surface area contributed by atoms with Crippen LogP contribution in [0.5, 0.6) is 0 Å². The summed E-state index contributed by atoms with van der Waals surface area (Å²) in [5.74, 6) is -0.0133. The molecular weight excluding hydrogens is 311 g/mol. The van der Waals surface area contributed by atoms with Crippen molar-refractivity contribution in [2.24, 2.45) is 4.40 Å². The van der Waals surface area contributed by atoms with E-state index in [0.29, 0.717) is 17.0 Å². The fourth-order valence-corrected chi connectivity index (χ4v) is 4.14. The standard InChI is InChI=1S/C14H11FN2O2S2/c15-11-6-2-1-5-10(11)9-20-14-16-12-7-3-4-8-13(12)21(18,19)17-14/h1-8H,9H2,(H,16,17). The van der Waals surface area contributed by atoms with E-state index in [1.54, 1.807) is 36.4 Å². The molecule has 0 aliphatic carbocycles. The number of sulfonamides is 1. The van der Waals surface area contributed by atoms with E-state index in [-0.39, 0.29) is 15.9 Å². The average molecular weight is 322 g/mol. The Hall–Kier alpha value is -1.86. The van der Waals surface area contributed by atoms with Crippen LogP contribution in [-0.4, -0.2) is 13.6 Å². The number of halogens is 1. The third-order valence-electron chi connectivity index (χ3n) is 2.93. The Labute approximate surface area is 126 Å². The maximum Gasteiger partial charge on any atom is 0.286 e. The molecule has 1 aliphatic heterocycles. The van der Waals surface area contributed by atoms with E-state index in [9.17, 15) is 12.8 Å². The van der Waals surface area contributed by atoms with Crippen molar-refractivity contribution in [2.45, 2.75) is 10.6 Å². The number of fused-ring (bicyclic) bond motifs is 1. The minimum Gasteiger partial charge on any atom is -0.333 e. The number of hydrogen-bond donors (Lipinski definition) is 1. The Bertz CT molecular complexity index is 819. The number of amidine groups is 1. The van der Waals surface area contributed by atoms with Crippen molar-refractivity contribution in [3.63, 3.8) is 0 Å². The van der Waals surface area contributed by atoms with Gasteiger partial charge < -0.3 is 5.32 Å². The van der Waals surface area contributed by atoms with E-state index in [4.69, 9.17) is 0 Å². The Balaban J connectivity index is 1.83. The smallest absolute Gasteiger partial charge is 0.286 e. The molecule has 0 amide bonds. The molecule has 2 aromatic rings. The second kappa shape index (κ2) is 5.50. The Kier molecular flexibility index (Phi) is 3.69. The Morgan fingerprint density at radius 2 is 1.81 bits per heavy atom. The molecule has 0 fully saturated rings. The number of nitrogens with one attached hydrogen (secondary N) is 1. The molecule has 1 aliphatic rings. The fourth-order valence-electron chi connectivity index (χ4n) is 1.92. The molecule has 2 aromatic carbocycles. The first-order valence-electron chi connectivity index (χ1n) is 6.13. The van der Waals surface area contributed by atoms with E-state index < -0.39 is 10.0 Å². The second-order valence-electron chi connectivity index (χ2n) is 4.37. The minimum atomic E-state index is -3.69. The van der Waals surface area contributed by atoms with Crippen LogP contribution in [0.1, 0.15) is 5.56 Å². The lowest BCUT2D eigenvalue weighted by atomic mass is 10.2. The van der Waals surface area contributed by atoms with Gasteiger partial charge in [-0.25, -0.2) is 4.39 Å². The van der Waals surface area contributed by atoms with E-state index in [1.165, 1.54) is 12.1 Å². The monoisotopic (exact) mass is 322 g/mol. The van der Waals surface area contributed by atoms with Gasteiger partial charge in [-0.1, -0.05) is 42.1 Å². The molecule has 0 bridgehead atoms. The number of benzene rings is 2. The quantitative estimate of drug-likeness (QED) is 0.922. The molecule has 108 valence electrons. The van der Waals surface area contributed by atoms with Crippen LogP contribution in [-0.2, 0) is 15.8 Å². The van der Waals surface area contributed by atoms with Crippen LogP contribution in [0.3, 0.4) is 0 Å². The Morgan fingerprint density at radius 3 is 2.62 bits per heavy atom. The van der Waals surface area contributed by atoms with Crippen molar-refractivity contribution in [2.75, 3.05) is 5.32 Å². The number of thioether (sulfide) groups is 1. The molecule has 0 radical (unpaired) electrons. The summed E-state index contributed by atoms with van der Waals surface area (Å²) in [6.07, 6.45) is 0. The van der Waals surface area contributed by atoms with Crippen LogP contribution in [0, 0.1) is 5.82 Å². The first kappa shape index (κ1) is 14.1. The van der Waals surface area contributed by atoms with Gasteiger partial charge in [-0.3, -0.25) is 0 Å². The Morgan fingerprint density at radius 1 is 1.10 bits per heavy atom. The van der Waals surface area contributed by atoms with Gasteiger partial charge in [0, 0.05) is 5.75 Å². The second-order valence-corrected chi connectivity index (χ2v) is 6.91. The lowest BCUT2D eigenvalue weighted by molar-refractivity contribution is 0.598. The molecule has 21 heavy (non-hydrogen) atoms. The molecule has 4 nitrogen and oxygen atoms in total. The van der Waals surface area contributed by atoms with Gasteiger partial charge in [-0.05, 0) is 23.8 Å². The van der Waals surface area contributed by atoms with Gasteiger partial charge in [0.2, 0.25) is 0 Å². The first-order chi connectivity index (χ1) is 10.1. The largest absolute Gasteiger partial charge is 0.333 e. The summed E-state index contributed by atoms with van der Waals surface area (Å²) in [6, 6.07) is 12.9. The summed E-state index contributed by atoms with van der Waals surface area (Å²) in [7, 11) is -3.69. The van der Waals surface area contributed by atoms with Crippen LogP contribution in [0.2, 0.25) is 0 Å². The van der Waals surface area contributed by atoms with Crippen molar-refractivity contribution in [1.82, 2.24) is 0 Å². The number of hydrogen-bond acceptors (Lipinski definition) is 4. The SMILES string of the molecule is O=S1(=O)N=C(SCc2ccccc2F)Nc2ccccc21. The third-order valence-corrected chi connectivity index (χ3v) is 5.30. The molecule has 0 saturated carbocycles. The molecule has 1 heterocycles. The van der Waals surface area contributed by atoms with E-state index in [2.05, 4.69) is 9.71 Å². The molecule has 0 aromatic heterocycles. The molecule has 0 unspecified atom stereocenters. The molecule has 0 atom stereocenters. The zero-order valence-electron chi connectivity index (χ0n) is 10.8.